The molecule has 94 valence electrons. The Kier molecular flexibility index (Phi) is 4.14. The Morgan fingerprint density at radius 3 is 2.78 bits per heavy atom. The number of hydrogen-bond acceptors (Lipinski definition) is 3. The minimum absolute atomic E-state index is 0.0264. The third-order valence-corrected chi connectivity index (χ3v) is 4.33. The van der Waals surface area contributed by atoms with E-state index in [0.29, 0.717) is 10.4 Å². The van der Waals surface area contributed by atoms with Gasteiger partial charge in [0.15, 0.2) is 17.3 Å². The monoisotopic (exact) mass is 328 g/mol. The maximum atomic E-state index is 13.5. The van der Waals surface area contributed by atoms with E-state index in [1.807, 2.05) is 11.4 Å². The van der Waals surface area contributed by atoms with Crippen LogP contribution in [0.3, 0.4) is 0 Å². The van der Waals surface area contributed by atoms with Crippen LogP contribution in [-0.2, 0) is 6.42 Å². The van der Waals surface area contributed by atoms with E-state index >= 15 is 0 Å². The third kappa shape index (κ3) is 2.79. The number of methoxy groups -OCH3 is 1. The van der Waals surface area contributed by atoms with Gasteiger partial charge in [0.05, 0.1) is 12.0 Å². The van der Waals surface area contributed by atoms with Gasteiger partial charge in [-0.15, -0.1) is 11.3 Å². The van der Waals surface area contributed by atoms with Gasteiger partial charge < -0.3 is 4.74 Å². The molecule has 0 aliphatic carbocycles. The van der Waals surface area contributed by atoms with Crippen molar-refractivity contribution >= 4 is 33.0 Å². The van der Waals surface area contributed by atoms with Crippen LogP contribution in [0.15, 0.2) is 34.1 Å². The van der Waals surface area contributed by atoms with Crippen molar-refractivity contribution in [1.29, 1.82) is 0 Å². The zero-order chi connectivity index (χ0) is 13.1. The van der Waals surface area contributed by atoms with Crippen molar-refractivity contribution in [1.82, 2.24) is 0 Å². The molecule has 0 amide bonds. The molecule has 2 nitrogen and oxygen atoms in total. The average molecular weight is 329 g/mol. The fourth-order valence-corrected chi connectivity index (χ4v) is 3.11. The molecule has 5 heteroatoms. The Morgan fingerprint density at radius 2 is 2.22 bits per heavy atom. The summed E-state index contributed by atoms with van der Waals surface area (Å²) in [6.07, 6.45) is 0.181. The summed E-state index contributed by atoms with van der Waals surface area (Å²) in [5.74, 6) is -0.294. The quantitative estimate of drug-likeness (QED) is 0.790. The zero-order valence-electron chi connectivity index (χ0n) is 9.57. The van der Waals surface area contributed by atoms with E-state index in [0.717, 1.165) is 4.47 Å². The van der Waals surface area contributed by atoms with Crippen molar-refractivity contribution in [3.8, 4) is 5.75 Å². The predicted molar refractivity (Wildman–Crippen MR) is 73.0 cm³/mol. The lowest BCUT2D eigenvalue weighted by atomic mass is 10.1. The number of hydrogen-bond donors (Lipinski definition) is 0. The van der Waals surface area contributed by atoms with E-state index in [4.69, 9.17) is 4.74 Å². The minimum atomic E-state index is -0.451. The lowest BCUT2D eigenvalue weighted by Crippen LogP contribution is -2.02. The molecule has 0 fully saturated rings. The van der Waals surface area contributed by atoms with Crippen molar-refractivity contribution in [3.63, 3.8) is 0 Å². The molecule has 2 rings (SSSR count). The van der Waals surface area contributed by atoms with Crippen LogP contribution in [0.4, 0.5) is 4.39 Å². The number of rotatable bonds is 4. The Morgan fingerprint density at radius 1 is 1.44 bits per heavy atom. The predicted octanol–water partition coefficient (Wildman–Crippen LogP) is 4.08. The second-order valence-electron chi connectivity index (χ2n) is 3.67. The van der Waals surface area contributed by atoms with Crippen LogP contribution in [0.1, 0.15) is 15.2 Å². The normalized spacial score (nSPS) is 10.4. The number of ether oxygens (including phenoxy) is 1. The molecule has 0 unspecified atom stereocenters. The van der Waals surface area contributed by atoms with Gasteiger partial charge in [0.25, 0.3) is 0 Å². The highest BCUT2D eigenvalue weighted by atomic mass is 79.9. The first-order valence-electron chi connectivity index (χ1n) is 5.20. The van der Waals surface area contributed by atoms with Crippen LogP contribution < -0.4 is 4.74 Å². The number of Topliss-reactive ketones (excluding diaryl/α,β-unsaturated/α-hetero) is 1. The van der Waals surface area contributed by atoms with E-state index in [2.05, 4.69) is 15.9 Å². The smallest absolute Gasteiger partial charge is 0.178 e. The highest BCUT2D eigenvalue weighted by molar-refractivity contribution is 9.10. The summed E-state index contributed by atoms with van der Waals surface area (Å²) in [5.41, 5.74) is 0.638. The maximum Gasteiger partial charge on any atom is 0.178 e. The van der Waals surface area contributed by atoms with E-state index in [1.165, 1.54) is 30.6 Å². The highest BCUT2D eigenvalue weighted by Gasteiger charge is 2.13. The lowest BCUT2D eigenvalue weighted by Gasteiger charge is -2.04. The molecule has 1 aromatic carbocycles. The van der Waals surface area contributed by atoms with Crippen LogP contribution in [0, 0.1) is 5.82 Å². The van der Waals surface area contributed by atoms with Gasteiger partial charge >= 0.3 is 0 Å². The van der Waals surface area contributed by atoms with Gasteiger partial charge in [0.2, 0.25) is 0 Å². The SMILES string of the molecule is COc1ccc(CC(=O)c2sccc2Br)cc1F. The van der Waals surface area contributed by atoms with E-state index in [1.54, 1.807) is 6.07 Å². The summed E-state index contributed by atoms with van der Waals surface area (Å²) >= 11 is 4.69. The second-order valence-corrected chi connectivity index (χ2v) is 5.44. The Labute approximate surface area is 117 Å². The van der Waals surface area contributed by atoms with Crippen LogP contribution in [0.2, 0.25) is 0 Å². The van der Waals surface area contributed by atoms with Crippen molar-refractivity contribution in [2.45, 2.75) is 6.42 Å². The van der Waals surface area contributed by atoms with Gasteiger partial charge in [-0.2, -0.15) is 0 Å². The summed E-state index contributed by atoms with van der Waals surface area (Å²) in [7, 11) is 1.41. The third-order valence-electron chi connectivity index (χ3n) is 2.45. The average Bonchev–Trinajstić information content (AvgIpc) is 2.76. The fourth-order valence-electron chi connectivity index (χ4n) is 1.58. The number of ketones is 1. The molecule has 1 heterocycles. The highest BCUT2D eigenvalue weighted by Crippen LogP contribution is 2.25. The molecule has 0 saturated carbocycles. The van der Waals surface area contributed by atoms with Crippen molar-refractivity contribution in [2.75, 3.05) is 7.11 Å². The molecule has 0 saturated heterocycles. The number of halogens is 2. The zero-order valence-corrected chi connectivity index (χ0v) is 12.0. The summed E-state index contributed by atoms with van der Waals surface area (Å²) in [5, 5.41) is 1.84. The lowest BCUT2D eigenvalue weighted by molar-refractivity contribution is 0.0996. The molecule has 0 aliphatic rings. The first-order chi connectivity index (χ1) is 8.61. The Hall–Kier alpha value is -1.20. The van der Waals surface area contributed by atoms with Crippen molar-refractivity contribution in [3.05, 3.63) is 50.4 Å². The summed E-state index contributed by atoms with van der Waals surface area (Å²) in [4.78, 5) is 12.6. The molecule has 0 N–H and O–H groups in total. The first kappa shape index (κ1) is 13.2. The van der Waals surface area contributed by atoms with Gasteiger partial charge in [0, 0.05) is 10.9 Å². The number of benzene rings is 1. The topological polar surface area (TPSA) is 26.3 Å². The van der Waals surface area contributed by atoms with Gasteiger partial charge in [-0.05, 0) is 45.1 Å². The van der Waals surface area contributed by atoms with Gasteiger partial charge in [-0.1, -0.05) is 6.07 Å². The van der Waals surface area contributed by atoms with Gasteiger partial charge in [-0.3, -0.25) is 4.79 Å². The molecule has 18 heavy (non-hydrogen) atoms. The van der Waals surface area contributed by atoms with Crippen LogP contribution in [-0.4, -0.2) is 12.9 Å². The van der Waals surface area contributed by atoms with E-state index in [9.17, 15) is 9.18 Å². The maximum absolute atomic E-state index is 13.5. The molecule has 1 aromatic heterocycles. The summed E-state index contributed by atoms with van der Waals surface area (Å²) in [6.45, 7) is 0. The molecular weight excluding hydrogens is 319 g/mol. The van der Waals surface area contributed by atoms with E-state index < -0.39 is 5.82 Å². The second kappa shape index (κ2) is 5.63. The minimum Gasteiger partial charge on any atom is -0.494 e. The Balaban J connectivity index is 2.17. The van der Waals surface area contributed by atoms with Crippen LogP contribution in [0.25, 0.3) is 0 Å². The summed E-state index contributed by atoms with van der Waals surface area (Å²) < 4.78 is 19.1. The fraction of sp³-hybridized carbons (Fsp3) is 0.154. The summed E-state index contributed by atoms with van der Waals surface area (Å²) in [6, 6.07) is 6.38. The standard InChI is InChI=1S/C13H10BrFO2S/c1-17-12-3-2-8(6-10(12)15)7-11(16)13-9(14)4-5-18-13/h2-6H,7H2,1H3. The number of carbonyl (C=O) groups is 1. The number of thiophene rings is 1. The molecule has 0 atom stereocenters. The van der Waals surface area contributed by atoms with Gasteiger partial charge in [-0.25, -0.2) is 4.39 Å². The van der Waals surface area contributed by atoms with Crippen LogP contribution in [0.5, 0.6) is 5.75 Å². The number of carbonyl (C=O) groups excluding carboxylic acids is 1. The molecule has 2 aromatic rings. The van der Waals surface area contributed by atoms with Crippen molar-refractivity contribution in [2.24, 2.45) is 0 Å². The first-order valence-corrected chi connectivity index (χ1v) is 6.87. The largest absolute Gasteiger partial charge is 0.494 e. The van der Waals surface area contributed by atoms with Crippen molar-refractivity contribution < 1.29 is 13.9 Å². The van der Waals surface area contributed by atoms with Gasteiger partial charge in [0.1, 0.15) is 0 Å². The molecule has 0 spiro atoms. The van der Waals surface area contributed by atoms with E-state index in [-0.39, 0.29) is 18.0 Å². The Bertz CT molecular complexity index is 580. The molecule has 0 aliphatic heterocycles. The van der Waals surface area contributed by atoms with Crippen LogP contribution >= 0.6 is 27.3 Å². The molecular formula is C13H10BrFO2S. The molecule has 0 radical (unpaired) electrons. The molecule has 0 bridgehead atoms.